The molecule has 0 fully saturated rings. The van der Waals surface area contributed by atoms with Gasteiger partial charge in [0, 0.05) is 36.0 Å². The molecule has 0 aliphatic rings. The number of carbonyl (C=O) groups excluding carboxylic acids is 1. The third kappa shape index (κ3) is 5.29. The van der Waals surface area contributed by atoms with Crippen LogP contribution in [0.15, 0.2) is 47.8 Å². The van der Waals surface area contributed by atoms with Crippen molar-refractivity contribution in [1.29, 1.82) is 0 Å². The molecule has 0 unspecified atom stereocenters. The summed E-state index contributed by atoms with van der Waals surface area (Å²) in [5.41, 5.74) is 3.25. The Morgan fingerprint density at radius 1 is 1.24 bits per heavy atom. The summed E-state index contributed by atoms with van der Waals surface area (Å²) in [6.45, 7) is 2.41. The van der Waals surface area contributed by atoms with Gasteiger partial charge in [-0.05, 0) is 13.0 Å². The maximum absolute atomic E-state index is 12.1. The van der Waals surface area contributed by atoms with Crippen LogP contribution in [0.2, 0.25) is 0 Å². The Morgan fingerprint density at radius 3 is 2.69 bits per heavy atom. The van der Waals surface area contributed by atoms with Crippen molar-refractivity contribution in [1.82, 2.24) is 10.3 Å². The van der Waals surface area contributed by atoms with E-state index in [2.05, 4.69) is 15.6 Å². The smallest absolute Gasteiger partial charge is 0.319 e. The number of anilines is 1. The zero-order valence-electron chi connectivity index (χ0n) is 16.0. The Balaban J connectivity index is 1.55. The predicted octanol–water partition coefficient (Wildman–Crippen LogP) is 4.40. The van der Waals surface area contributed by atoms with E-state index in [4.69, 9.17) is 4.74 Å². The number of amides is 2. The Morgan fingerprint density at radius 2 is 2.00 bits per heavy atom. The van der Waals surface area contributed by atoms with Crippen LogP contribution in [-0.4, -0.2) is 29.6 Å². The highest BCUT2D eigenvalue weighted by Crippen LogP contribution is 2.28. The molecular formula is C20H20N4O4S. The lowest BCUT2D eigenvalue weighted by Gasteiger charge is -2.10. The molecule has 150 valence electrons. The second-order valence-electron chi connectivity index (χ2n) is 6.28. The Kier molecular flexibility index (Phi) is 6.40. The molecular weight excluding hydrogens is 392 g/mol. The number of hydrogen-bond acceptors (Lipinski definition) is 6. The number of nitrogens with one attached hydrogen (secondary N) is 2. The summed E-state index contributed by atoms with van der Waals surface area (Å²) in [6, 6.07) is 11.7. The topological polar surface area (TPSA) is 106 Å². The molecule has 8 nitrogen and oxygen atoms in total. The standard InChI is InChI=1S/C20H20N4O4S/c1-13-3-5-14(6-4-13)19-22-15(12-29-19)9-10-21-20(25)23-17-11-16(24(26)27)7-8-18(17)28-2/h3-8,11-12H,9-10H2,1-2H3,(H2,21,23,25). The molecule has 9 heteroatoms. The Hall–Kier alpha value is -3.46. The van der Waals surface area contributed by atoms with E-state index in [0.717, 1.165) is 16.3 Å². The normalized spacial score (nSPS) is 10.4. The molecule has 0 aliphatic carbocycles. The van der Waals surface area contributed by atoms with Crippen molar-refractivity contribution >= 4 is 28.7 Å². The first-order valence-electron chi connectivity index (χ1n) is 8.85. The number of urea groups is 1. The van der Waals surface area contributed by atoms with Gasteiger partial charge in [0.15, 0.2) is 0 Å². The fourth-order valence-electron chi connectivity index (χ4n) is 2.63. The number of non-ortho nitro benzene ring substituents is 1. The highest BCUT2D eigenvalue weighted by Gasteiger charge is 2.13. The minimum Gasteiger partial charge on any atom is -0.495 e. The summed E-state index contributed by atoms with van der Waals surface area (Å²) in [6.07, 6.45) is 0.571. The molecule has 0 atom stereocenters. The van der Waals surface area contributed by atoms with Crippen LogP contribution in [0.1, 0.15) is 11.3 Å². The average Bonchev–Trinajstić information content (AvgIpc) is 3.17. The van der Waals surface area contributed by atoms with Gasteiger partial charge in [-0.1, -0.05) is 29.8 Å². The van der Waals surface area contributed by atoms with Gasteiger partial charge < -0.3 is 15.4 Å². The molecule has 3 aromatic rings. The number of ether oxygens (including phenoxy) is 1. The van der Waals surface area contributed by atoms with Gasteiger partial charge in [-0.3, -0.25) is 10.1 Å². The number of carbonyl (C=O) groups is 1. The van der Waals surface area contributed by atoms with Crippen LogP contribution in [0.3, 0.4) is 0 Å². The van der Waals surface area contributed by atoms with Crippen molar-refractivity contribution < 1.29 is 14.5 Å². The summed E-state index contributed by atoms with van der Waals surface area (Å²) in [5.74, 6) is 0.341. The maximum atomic E-state index is 12.1. The first-order chi connectivity index (χ1) is 14.0. The van der Waals surface area contributed by atoms with Crippen LogP contribution in [0.5, 0.6) is 5.75 Å². The molecule has 1 heterocycles. The third-order valence-electron chi connectivity index (χ3n) is 4.16. The van der Waals surface area contributed by atoms with Crippen molar-refractivity contribution in [3.63, 3.8) is 0 Å². The second kappa shape index (κ2) is 9.16. The maximum Gasteiger partial charge on any atom is 0.319 e. The van der Waals surface area contributed by atoms with Gasteiger partial charge in [-0.15, -0.1) is 11.3 Å². The van der Waals surface area contributed by atoms with Gasteiger partial charge in [0.1, 0.15) is 10.8 Å². The summed E-state index contributed by atoms with van der Waals surface area (Å²) >= 11 is 1.56. The predicted molar refractivity (Wildman–Crippen MR) is 113 cm³/mol. The quantitative estimate of drug-likeness (QED) is 0.442. The lowest BCUT2D eigenvalue weighted by atomic mass is 10.2. The van der Waals surface area contributed by atoms with E-state index in [9.17, 15) is 14.9 Å². The highest BCUT2D eigenvalue weighted by atomic mass is 32.1. The van der Waals surface area contributed by atoms with Gasteiger partial charge in [-0.2, -0.15) is 0 Å². The van der Waals surface area contributed by atoms with E-state index >= 15 is 0 Å². The Bertz CT molecular complexity index is 1020. The van der Waals surface area contributed by atoms with Crippen LogP contribution in [0.25, 0.3) is 10.6 Å². The molecule has 0 bridgehead atoms. The summed E-state index contributed by atoms with van der Waals surface area (Å²) in [4.78, 5) is 27.1. The van der Waals surface area contributed by atoms with Crippen LogP contribution in [0, 0.1) is 17.0 Å². The van der Waals surface area contributed by atoms with Crippen LogP contribution < -0.4 is 15.4 Å². The zero-order chi connectivity index (χ0) is 20.8. The first kappa shape index (κ1) is 20.3. The van der Waals surface area contributed by atoms with E-state index in [0.29, 0.717) is 18.7 Å². The van der Waals surface area contributed by atoms with Crippen LogP contribution in [0.4, 0.5) is 16.2 Å². The molecule has 3 rings (SSSR count). The van der Waals surface area contributed by atoms with E-state index in [1.807, 2.05) is 36.6 Å². The molecule has 0 aliphatic heterocycles. The van der Waals surface area contributed by atoms with E-state index in [1.165, 1.54) is 30.9 Å². The number of methoxy groups -OCH3 is 1. The van der Waals surface area contributed by atoms with Crippen molar-refractivity contribution in [2.45, 2.75) is 13.3 Å². The largest absolute Gasteiger partial charge is 0.495 e. The molecule has 29 heavy (non-hydrogen) atoms. The molecule has 2 aromatic carbocycles. The van der Waals surface area contributed by atoms with Crippen LogP contribution >= 0.6 is 11.3 Å². The van der Waals surface area contributed by atoms with Crippen LogP contribution in [-0.2, 0) is 6.42 Å². The van der Waals surface area contributed by atoms with Crippen molar-refractivity contribution in [3.8, 4) is 16.3 Å². The molecule has 0 saturated carbocycles. The lowest BCUT2D eigenvalue weighted by Crippen LogP contribution is -2.30. The number of aryl methyl sites for hydroxylation is 1. The molecule has 0 radical (unpaired) electrons. The number of rotatable bonds is 7. The summed E-state index contributed by atoms with van der Waals surface area (Å²) < 4.78 is 5.13. The third-order valence-corrected chi connectivity index (χ3v) is 5.10. The average molecular weight is 412 g/mol. The van der Waals surface area contributed by atoms with E-state index in [1.54, 1.807) is 11.3 Å². The molecule has 0 spiro atoms. The zero-order valence-corrected chi connectivity index (χ0v) is 16.8. The van der Waals surface area contributed by atoms with Gasteiger partial charge in [0.05, 0.1) is 23.4 Å². The number of nitro groups is 1. The molecule has 0 saturated heterocycles. The van der Waals surface area contributed by atoms with E-state index in [-0.39, 0.29) is 11.4 Å². The Labute approximate surface area is 171 Å². The van der Waals surface area contributed by atoms with Crippen molar-refractivity contribution in [3.05, 3.63) is 69.2 Å². The number of nitrogens with zero attached hydrogens (tertiary/aromatic N) is 2. The van der Waals surface area contributed by atoms with Gasteiger partial charge in [-0.25, -0.2) is 9.78 Å². The SMILES string of the molecule is COc1ccc([N+](=O)[O-])cc1NC(=O)NCCc1csc(-c2ccc(C)cc2)n1. The highest BCUT2D eigenvalue weighted by molar-refractivity contribution is 7.13. The fourth-order valence-corrected chi connectivity index (χ4v) is 3.49. The first-order valence-corrected chi connectivity index (χ1v) is 9.73. The van der Waals surface area contributed by atoms with Gasteiger partial charge in [0.2, 0.25) is 0 Å². The summed E-state index contributed by atoms with van der Waals surface area (Å²) in [5, 5.41) is 19.1. The number of hydrogen-bond donors (Lipinski definition) is 2. The van der Waals surface area contributed by atoms with Crippen molar-refractivity contribution in [2.75, 3.05) is 19.0 Å². The number of thiazole rings is 1. The lowest BCUT2D eigenvalue weighted by molar-refractivity contribution is -0.384. The van der Waals surface area contributed by atoms with E-state index < -0.39 is 11.0 Å². The monoisotopic (exact) mass is 412 g/mol. The fraction of sp³-hybridized carbons (Fsp3) is 0.200. The van der Waals surface area contributed by atoms with Gasteiger partial charge >= 0.3 is 6.03 Å². The summed E-state index contributed by atoms with van der Waals surface area (Å²) in [7, 11) is 1.43. The minimum atomic E-state index is -0.531. The molecule has 2 amide bonds. The van der Waals surface area contributed by atoms with Gasteiger partial charge in [0.25, 0.3) is 5.69 Å². The minimum absolute atomic E-state index is 0.132. The molecule has 1 aromatic heterocycles. The van der Waals surface area contributed by atoms with Crippen molar-refractivity contribution in [2.24, 2.45) is 0 Å². The second-order valence-corrected chi connectivity index (χ2v) is 7.14. The number of aromatic nitrogens is 1. The number of benzene rings is 2. The molecule has 2 N–H and O–H groups in total. The number of nitro benzene ring substituents is 1.